The Morgan fingerprint density at radius 2 is 2.00 bits per heavy atom. The quantitative estimate of drug-likeness (QED) is 0.278. The average Bonchev–Trinajstić information content (AvgIpc) is 2.15. The second kappa shape index (κ2) is 7.94. The van der Waals surface area contributed by atoms with Gasteiger partial charge in [0.05, 0.1) is 16.7 Å². The van der Waals surface area contributed by atoms with E-state index in [1.54, 1.807) is 24.3 Å². The van der Waals surface area contributed by atoms with Crippen molar-refractivity contribution in [2.24, 2.45) is 0 Å². The molecule has 0 aliphatic rings. The van der Waals surface area contributed by atoms with Crippen molar-refractivity contribution in [1.82, 2.24) is 0 Å². The first kappa shape index (κ1) is 16.7. The van der Waals surface area contributed by atoms with E-state index in [-0.39, 0.29) is 35.3 Å². The van der Waals surface area contributed by atoms with E-state index in [9.17, 15) is 13.0 Å². The van der Waals surface area contributed by atoms with Crippen molar-refractivity contribution in [2.45, 2.75) is 12.8 Å². The van der Waals surface area contributed by atoms with Crippen molar-refractivity contribution < 1.29 is 47.3 Å². The van der Waals surface area contributed by atoms with E-state index in [0.717, 1.165) is 0 Å². The minimum Gasteiger partial charge on any atom is -0.748 e. The molecule has 0 saturated heterocycles. The average molecular weight is 267 g/mol. The Morgan fingerprint density at radius 3 is 2.59 bits per heavy atom. The van der Waals surface area contributed by atoms with E-state index in [4.69, 9.17) is 10.5 Å². The number of rotatable bonds is 6. The monoisotopic (exact) mass is 267 g/mol. The van der Waals surface area contributed by atoms with Crippen LogP contribution in [0.3, 0.4) is 0 Å². The van der Waals surface area contributed by atoms with Crippen LogP contribution in [0.25, 0.3) is 0 Å². The van der Waals surface area contributed by atoms with Crippen molar-refractivity contribution in [3.63, 3.8) is 0 Å². The molecule has 1 aromatic carbocycles. The van der Waals surface area contributed by atoms with E-state index >= 15 is 0 Å². The summed E-state index contributed by atoms with van der Waals surface area (Å²) in [5.74, 6) is 0.304. The number of nitrogen functional groups attached to an aromatic ring is 1. The molecule has 1 rings (SSSR count). The van der Waals surface area contributed by atoms with Crippen LogP contribution in [-0.2, 0) is 10.1 Å². The molecule has 0 spiro atoms. The number of unbranched alkanes of at least 4 members (excludes halogenated alkanes) is 1. The Labute approximate surface area is 123 Å². The van der Waals surface area contributed by atoms with Gasteiger partial charge in [0.1, 0.15) is 5.75 Å². The maximum Gasteiger partial charge on any atom is 1.00 e. The molecule has 0 atom stereocenters. The van der Waals surface area contributed by atoms with Crippen LogP contribution in [0.4, 0.5) is 5.69 Å². The van der Waals surface area contributed by atoms with Gasteiger partial charge < -0.3 is 15.0 Å². The van der Waals surface area contributed by atoms with Crippen LogP contribution in [0.5, 0.6) is 5.75 Å². The summed E-state index contributed by atoms with van der Waals surface area (Å²) < 4.78 is 36.2. The van der Waals surface area contributed by atoms with Crippen molar-refractivity contribution in [3.05, 3.63) is 24.3 Å². The van der Waals surface area contributed by atoms with E-state index in [2.05, 4.69) is 0 Å². The third-order valence-corrected chi connectivity index (χ3v) is 2.70. The Bertz CT molecular complexity index is 436. The molecule has 0 aliphatic carbocycles. The SMILES string of the molecule is Nc1cccc(OCCCCS(=O)(=O)[O-])c1.[Na+]. The smallest absolute Gasteiger partial charge is 0.748 e. The minimum atomic E-state index is -4.10. The fourth-order valence-corrected chi connectivity index (χ4v) is 1.73. The van der Waals surface area contributed by atoms with Gasteiger partial charge in [-0.1, -0.05) is 6.07 Å². The number of hydrogen-bond acceptors (Lipinski definition) is 5. The van der Waals surface area contributed by atoms with Gasteiger partial charge in [-0.15, -0.1) is 0 Å². The summed E-state index contributed by atoms with van der Waals surface area (Å²) in [6.07, 6.45) is 0.838. The predicted octanol–water partition coefficient (Wildman–Crippen LogP) is -2.02. The molecule has 0 aliphatic heterocycles. The second-order valence-corrected chi connectivity index (χ2v) is 4.91. The van der Waals surface area contributed by atoms with E-state index in [0.29, 0.717) is 30.9 Å². The molecule has 0 radical (unpaired) electrons. The predicted molar refractivity (Wildman–Crippen MR) is 60.1 cm³/mol. The zero-order valence-electron chi connectivity index (χ0n) is 9.76. The normalized spacial score (nSPS) is 10.6. The third-order valence-electron chi connectivity index (χ3n) is 1.92. The molecule has 0 amide bonds. The molecule has 0 fully saturated rings. The minimum absolute atomic E-state index is 0. The molecular formula is C10H14NNaO4S. The van der Waals surface area contributed by atoms with Crippen LogP contribution in [-0.4, -0.2) is 25.3 Å². The first-order valence-corrected chi connectivity index (χ1v) is 6.47. The van der Waals surface area contributed by atoms with Crippen molar-refractivity contribution >= 4 is 15.8 Å². The van der Waals surface area contributed by atoms with E-state index in [1.807, 2.05) is 0 Å². The van der Waals surface area contributed by atoms with Gasteiger partial charge in [0.2, 0.25) is 0 Å². The number of ether oxygens (including phenoxy) is 1. The summed E-state index contributed by atoms with van der Waals surface area (Å²) in [5.41, 5.74) is 6.16. The number of nitrogens with two attached hydrogens (primary N) is 1. The summed E-state index contributed by atoms with van der Waals surface area (Å²) in [7, 11) is -4.10. The number of hydrogen-bond donors (Lipinski definition) is 1. The van der Waals surface area contributed by atoms with Crippen LogP contribution in [0.1, 0.15) is 12.8 Å². The molecule has 0 unspecified atom stereocenters. The number of benzene rings is 1. The van der Waals surface area contributed by atoms with Gasteiger partial charge in [-0.25, -0.2) is 8.42 Å². The van der Waals surface area contributed by atoms with Gasteiger partial charge in [-0.05, 0) is 25.0 Å². The molecule has 0 bridgehead atoms. The van der Waals surface area contributed by atoms with Crippen LogP contribution in [0.2, 0.25) is 0 Å². The van der Waals surface area contributed by atoms with Crippen LogP contribution >= 0.6 is 0 Å². The zero-order chi connectivity index (χ0) is 12.0. The Morgan fingerprint density at radius 1 is 1.29 bits per heavy atom. The topological polar surface area (TPSA) is 92.5 Å². The fourth-order valence-electron chi connectivity index (χ4n) is 1.18. The molecule has 17 heavy (non-hydrogen) atoms. The molecule has 5 nitrogen and oxygen atoms in total. The van der Waals surface area contributed by atoms with E-state index in [1.165, 1.54) is 0 Å². The maximum atomic E-state index is 10.3. The van der Waals surface area contributed by atoms with Crippen molar-refractivity contribution in [2.75, 3.05) is 18.1 Å². The Balaban J connectivity index is 0.00000256. The standard InChI is InChI=1S/C10H15NO4S.Na/c11-9-4-3-5-10(8-9)15-6-1-2-7-16(12,13)14;/h3-5,8H,1-2,6-7,11H2,(H,12,13,14);/q;+1/p-1. The fraction of sp³-hybridized carbons (Fsp3) is 0.400. The molecule has 0 saturated carbocycles. The molecule has 0 heterocycles. The molecule has 0 aromatic heterocycles. The summed E-state index contributed by atoms with van der Waals surface area (Å²) in [5, 5.41) is 0. The van der Waals surface area contributed by atoms with Crippen LogP contribution in [0, 0.1) is 0 Å². The van der Waals surface area contributed by atoms with Crippen LogP contribution in [0.15, 0.2) is 24.3 Å². The van der Waals surface area contributed by atoms with Gasteiger partial charge in [-0.3, -0.25) is 0 Å². The summed E-state index contributed by atoms with van der Waals surface area (Å²) in [4.78, 5) is 0. The van der Waals surface area contributed by atoms with E-state index < -0.39 is 10.1 Å². The van der Waals surface area contributed by atoms with Gasteiger partial charge >= 0.3 is 29.6 Å². The first-order valence-electron chi connectivity index (χ1n) is 4.89. The first-order chi connectivity index (χ1) is 7.47. The zero-order valence-corrected chi connectivity index (χ0v) is 12.6. The van der Waals surface area contributed by atoms with Gasteiger partial charge in [0, 0.05) is 17.5 Å². The van der Waals surface area contributed by atoms with Gasteiger partial charge in [0.15, 0.2) is 0 Å². The van der Waals surface area contributed by atoms with Gasteiger partial charge in [0.25, 0.3) is 0 Å². The second-order valence-electron chi connectivity index (χ2n) is 3.39. The van der Waals surface area contributed by atoms with Gasteiger partial charge in [-0.2, -0.15) is 0 Å². The molecule has 2 N–H and O–H groups in total. The Kier molecular flexibility index (Phi) is 7.82. The maximum absolute atomic E-state index is 10.3. The summed E-state index contributed by atoms with van der Waals surface area (Å²) >= 11 is 0. The largest absolute Gasteiger partial charge is 1.00 e. The third kappa shape index (κ3) is 8.45. The van der Waals surface area contributed by atoms with Crippen molar-refractivity contribution in [1.29, 1.82) is 0 Å². The molecule has 1 aromatic rings. The molecule has 90 valence electrons. The van der Waals surface area contributed by atoms with Crippen molar-refractivity contribution in [3.8, 4) is 5.75 Å². The Hall–Kier alpha value is -0.270. The number of anilines is 1. The molecule has 7 heteroatoms. The van der Waals surface area contributed by atoms with Crippen LogP contribution < -0.4 is 40.0 Å². The summed E-state index contributed by atoms with van der Waals surface area (Å²) in [6, 6.07) is 6.97. The molecular weight excluding hydrogens is 253 g/mol. The summed E-state index contributed by atoms with van der Waals surface area (Å²) in [6.45, 7) is 0.374.